The van der Waals surface area contributed by atoms with Crippen molar-refractivity contribution in [3.8, 4) is 0 Å². The summed E-state index contributed by atoms with van der Waals surface area (Å²) >= 11 is 0. The maximum absolute atomic E-state index is 2.37. The van der Waals surface area contributed by atoms with E-state index < -0.39 is 0 Å². The van der Waals surface area contributed by atoms with Crippen LogP contribution in [0.1, 0.15) is 64.2 Å². The van der Waals surface area contributed by atoms with Gasteiger partial charge in [0.05, 0.1) is 0 Å². The lowest BCUT2D eigenvalue weighted by Crippen LogP contribution is -1.79. The predicted molar refractivity (Wildman–Crippen MR) is 64.5 cm³/mol. The van der Waals surface area contributed by atoms with E-state index in [1.165, 1.54) is 64.2 Å². The van der Waals surface area contributed by atoms with E-state index in [2.05, 4.69) is 24.3 Å². The molecule has 0 nitrogen and oxygen atoms in total. The van der Waals surface area contributed by atoms with Gasteiger partial charge in [0, 0.05) is 0 Å². The van der Waals surface area contributed by atoms with Crippen molar-refractivity contribution in [2.75, 3.05) is 0 Å². The van der Waals surface area contributed by atoms with Gasteiger partial charge in [0.15, 0.2) is 0 Å². The minimum Gasteiger partial charge on any atom is -0.0885 e. The van der Waals surface area contributed by atoms with Gasteiger partial charge in [0.25, 0.3) is 0 Å². The molecule has 0 fully saturated rings. The van der Waals surface area contributed by atoms with Crippen molar-refractivity contribution >= 4 is 0 Å². The highest BCUT2D eigenvalue weighted by molar-refractivity contribution is 4.85. The SMILES string of the molecule is C1=CCCCCCCCC=CCCC1. The van der Waals surface area contributed by atoms with Gasteiger partial charge in [-0.05, 0) is 44.9 Å². The first-order valence-corrected chi connectivity index (χ1v) is 6.30. The third-order valence-electron chi connectivity index (χ3n) is 2.82. The lowest BCUT2D eigenvalue weighted by atomic mass is 10.1. The lowest BCUT2D eigenvalue weighted by molar-refractivity contribution is 0.620. The number of allylic oxidation sites excluding steroid dienone is 4. The molecule has 0 aliphatic heterocycles. The van der Waals surface area contributed by atoms with E-state index in [0.29, 0.717) is 0 Å². The fourth-order valence-electron chi connectivity index (χ4n) is 1.88. The fraction of sp³-hybridized carbons (Fsp3) is 0.714. The molecule has 0 N–H and O–H groups in total. The minimum atomic E-state index is 1.27. The summed E-state index contributed by atoms with van der Waals surface area (Å²) in [5.74, 6) is 0. The van der Waals surface area contributed by atoms with E-state index in [1.54, 1.807) is 0 Å². The van der Waals surface area contributed by atoms with Gasteiger partial charge in [0.2, 0.25) is 0 Å². The highest BCUT2D eigenvalue weighted by atomic mass is 14.0. The van der Waals surface area contributed by atoms with E-state index in [4.69, 9.17) is 0 Å². The smallest absolute Gasteiger partial charge is 0.0348 e. The average Bonchev–Trinajstić information content (AvgIpc) is 2.22. The average molecular weight is 192 g/mol. The van der Waals surface area contributed by atoms with Crippen molar-refractivity contribution in [1.82, 2.24) is 0 Å². The maximum atomic E-state index is 2.37. The summed E-state index contributed by atoms with van der Waals surface area (Å²) in [5.41, 5.74) is 0. The van der Waals surface area contributed by atoms with Crippen LogP contribution in [-0.2, 0) is 0 Å². The Morgan fingerprint density at radius 3 is 1.21 bits per heavy atom. The largest absolute Gasteiger partial charge is 0.0885 e. The van der Waals surface area contributed by atoms with E-state index in [0.717, 1.165) is 0 Å². The Bertz CT molecular complexity index is 147. The van der Waals surface area contributed by atoms with Gasteiger partial charge < -0.3 is 0 Å². The van der Waals surface area contributed by atoms with E-state index >= 15 is 0 Å². The monoisotopic (exact) mass is 192 g/mol. The van der Waals surface area contributed by atoms with Crippen molar-refractivity contribution < 1.29 is 0 Å². The van der Waals surface area contributed by atoms with Crippen LogP contribution in [-0.4, -0.2) is 0 Å². The minimum absolute atomic E-state index is 1.27. The predicted octanol–water partition coefficient (Wildman–Crippen LogP) is 5.01. The molecule has 0 aromatic heterocycles. The van der Waals surface area contributed by atoms with E-state index in [1.807, 2.05) is 0 Å². The second kappa shape index (κ2) is 9.05. The molecular weight excluding hydrogens is 168 g/mol. The maximum Gasteiger partial charge on any atom is -0.0348 e. The van der Waals surface area contributed by atoms with Crippen molar-refractivity contribution in [1.29, 1.82) is 0 Å². The Morgan fingerprint density at radius 1 is 0.357 bits per heavy atom. The Hall–Kier alpha value is -0.520. The third kappa shape index (κ3) is 6.94. The van der Waals surface area contributed by atoms with Gasteiger partial charge in [-0.3, -0.25) is 0 Å². The van der Waals surface area contributed by atoms with Crippen LogP contribution >= 0.6 is 0 Å². The van der Waals surface area contributed by atoms with Crippen LogP contribution in [0.3, 0.4) is 0 Å². The molecular formula is C14H24. The Kier molecular flexibility index (Phi) is 7.47. The van der Waals surface area contributed by atoms with Crippen LogP contribution < -0.4 is 0 Å². The molecule has 0 heteroatoms. The highest BCUT2D eigenvalue weighted by Crippen LogP contribution is 2.09. The molecule has 1 aliphatic rings. The first kappa shape index (κ1) is 11.6. The van der Waals surface area contributed by atoms with Crippen LogP contribution in [0.25, 0.3) is 0 Å². The zero-order valence-corrected chi connectivity index (χ0v) is 9.38. The number of hydrogen-bond acceptors (Lipinski definition) is 0. The number of rotatable bonds is 0. The molecule has 0 spiro atoms. The molecule has 0 saturated heterocycles. The van der Waals surface area contributed by atoms with Crippen LogP contribution in [0.2, 0.25) is 0 Å². The van der Waals surface area contributed by atoms with Gasteiger partial charge in [-0.1, -0.05) is 43.6 Å². The summed E-state index contributed by atoms with van der Waals surface area (Å²) in [6.07, 6.45) is 23.0. The summed E-state index contributed by atoms with van der Waals surface area (Å²) in [5, 5.41) is 0. The van der Waals surface area contributed by atoms with Gasteiger partial charge in [-0.15, -0.1) is 0 Å². The molecule has 14 heavy (non-hydrogen) atoms. The zero-order chi connectivity index (χ0) is 9.90. The van der Waals surface area contributed by atoms with Crippen LogP contribution in [0, 0.1) is 0 Å². The van der Waals surface area contributed by atoms with Crippen molar-refractivity contribution in [3.05, 3.63) is 24.3 Å². The first-order valence-electron chi connectivity index (χ1n) is 6.30. The van der Waals surface area contributed by atoms with E-state index in [-0.39, 0.29) is 0 Å². The summed E-state index contributed by atoms with van der Waals surface area (Å²) in [7, 11) is 0. The second-order valence-corrected chi connectivity index (χ2v) is 4.22. The van der Waals surface area contributed by atoms with Gasteiger partial charge in [0.1, 0.15) is 0 Å². The summed E-state index contributed by atoms with van der Waals surface area (Å²) in [6.45, 7) is 0. The summed E-state index contributed by atoms with van der Waals surface area (Å²) < 4.78 is 0. The molecule has 1 rings (SSSR count). The van der Waals surface area contributed by atoms with Gasteiger partial charge >= 0.3 is 0 Å². The quantitative estimate of drug-likeness (QED) is 0.473. The molecule has 0 aromatic rings. The standard InChI is InChI=1S/C14H24/c1-2-4-6-8-10-12-14-13-11-9-7-5-3-1/h1-2,9,11H,3-8,10,12-14H2. The topological polar surface area (TPSA) is 0 Å². The normalized spacial score (nSPS) is 21.7. The second-order valence-electron chi connectivity index (χ2n) is 4.22. The summed E-state index contributed by atoms with van der Waals surface area (Å²) in [4.78, 5) is 0. The fourth-order valence-corrected chi connectivity index (χ4v) is 1.88. The summed E-state index contributed by atoms with van der Waals surface area (Å²) in [6, 6.07) is 0. The van der Waals surface area contributed by atoms with Crippen molar-refractivity contribution in [2.45, 2.75) is 64.2 Å². The lowest BCUT2D eigenvalue weighted by Gasteiger charge is -1.99. The molecule has 80 valence electrons. The van der Waals surface area contributed by atoms with Crippen LogP contribution in [0.5, 0.6) is 0 Å². The molecule has 0 saturated carbocycles. The van der Waals surface area contributed by atoms with Crippen molar-refractivity contribution in [3.63, 3.8) is 0 Å². The zero-order valence-electron chi connectivity index (χ0n) is 9.38. The molecule has 0 atom stereocenters. The molecule has 0 heterocycles. The Labute approximate surface area is 89.1 Å². The van der Waals surface area contributed by atoms with Gasteiger partial charge in [-0.25, -0.2) is 0 Å². The van der Waals surface area contributed by atoms with Crippen molar-refractivity contribution in [2.24, 2.45) is 0 Å². The molecule has 0 radical (unpaired) electrons. The molecule has 0 aromatic carbocycles. The Balaban J connectivity index is 2.16. The van der Waals surface area contributed by atoms with Crippen LogP contribution in [0.4, 0.5) is 0 Å². The Morgan fingerprint density at radius 2 is 0.714 bits per heavy atom. The van der Waals surface area contributed by atoms with E-state index in [9.17, 15) is 0 Å². The van der Waals surface area contributed by atoms with Gasteiger partial charge in [-0.2, -0.15) is 0 Å². The van der Waals surface area contributed by atoms with Crippen LogP contribution in [0.15, 0.2) is 24.3 Å². The third-order valence-corrected chi connectivity index (χ3v) is 2.82. The molecule has 1 aliphatic carbocycles. The molecule has 0 unspecified atom stereocenters. The molecule has 0 amide bonds. The highest BCUT2D eigenvalue weighted by Gasteiger charge is 1.90. The molecule has 0 bridgehead atoms. The number of hydrogen-bond donors (Lipinski definition) is 0. The first-order chi connectivity index (χ1) is 7.00.